The van der Waals surface area contributed by atoms with Crippen LogP contribution in [-0.2, 0) is 14.3 Å². The summed E-state index contributed by atoms with van der Waals surface area (Å²) >= 11 is 0. The van der Waals surface area contributed by atoms with Crippen LogP contribution in [0.5, 0.6) is 11.5 Å². The lowest BCUT2D eigenvalue weighted by Crippen LogP contribution is -2.36. The van der Waals surface area contributed by atoms with Crippen molar-refractivity contribution in [2.75, 3.05) is 6.61 Å². The first-order valence-corrected chi connectivity index (χ1v) is 11.8. The molecule has 0 amide bonds. The third kappa shape index (κ3) is 4.58. The molecule has 1 heterocycles. The lowest BCUT2D eigenvalue weighted by molar-refractivity contribution is -0.143. The van der Waals surface area contributed by atoms with Crippen LogP contribution in [0.25, 0.3) is 0 Å². The summed E-state index contributed by atoms with van der Waals surface area (Å²) in [7, 11) is 0. The number of nitrogens with one attached hydrogen (secondary N) is 1. The van der Waals surface area contributed by atoms with Crippen LogP contribution >= 0.6 is 0 Å². The van der Waals surface area contributed by atoms with Gasteiger partial charge in [-0.25, -0.2) is 4.79 Å². The number of phenols is 1. The van der Waals surface area contributed by atoms with Gasteiger partial charge in [0.2, 0.25) is 0 Å². The zero-order chi connectivity index (χ0) is 24.4. The zero-order valence-corrected chi connectivity index (χ0v) is 20.1. The van der Waals surface area contributed by atoms with E-state index in [1.165, 1.54) is 0 Å². The highest BCUT2D eigenvalue weighted by Crippen LogP contribution is 2.47. The van der Waals surface area contributed by atoms with Gasteiger partial charge >= 0.3 is 5.97 Å². The third-order valence-corrected chi connectivity index (χ3v) is 6.28. The number of phenolic OH excluding ortho intramolecular Hbond substituents is 1. The van der Waals surface area contributed by atoms with Crippen LogP contribution in [0.15, 0.2) is 71.1 Å². The first kappa shape index (κ1) is 23.6. The van der Waals surface area contributed by atoms with Gasteiger partial charge in [0.1, 0.15) is 0 Å². The Morgan fingerprint density at radius 1 is 1.12 bits per heavy atom. The number of esters is 1. The van der Waals surface area contributed by atoms with Gasteiger partial charge in [-0.05, 0) is 63.3 Å². The Bertz CT molecular complexity index is 1160. The van der Waals surface area contributed by atoms with E-state index in [1.54, 1.807) is 32.0 Å². The van der Waals surface area contributed by atoms with Crippen molar-refractivity contribution in [3.63, 3.8) is 0 Å². The number of benzene rings is 2. The molecule has 0 fully saturated rings. The Labute approximate surface area is 200 Å². The van der Waals surface area contributed by atoms with E-state index in [0.717, 1.165) is 11.3 Å². The summed E-state index contributed by atoms with van der Waals surface area (Å²) in [5.74, 6) is -0.662. The van der Waals surface area contributed by atoms with Crippen LogP contribution < -0.4 is 10.1 Å². The molecule has 1 aliphatic heterocycles. The second-order valence-electron chi connectivity index (χ2n) is 9.04. The maximum absolute atomic E-state index is 13.6. The van der Waals surface area contributed by atoms with Gasteiger partial charge in [0.25, 0.3) is 0 Å². The standard InChI is InChI=1S/C28H31NO5/c1-5-33-24-15-19(11-12-22(24)30)26-25(28(32)34-16(2)3)17(4)29-21-13-20(14-23(31)27(21)26)18-9-7-6-8-10-18/h6-12,15-16,20,26,29-30H,5,13-14H2,1-4H3/t20-,26+/m1/s1. The number of carbonyl (C=O) groups excluding carboxylic acids is 2. The monoisotopic (exact) mass is 461 g/mol. The lowest BCUT2D eigenvalue weighted by Gasteiger charge is -2.37. The molecule has 2 atom stereocenters. The van der Waals surface area contributed by atoms with Crippen LogP contribution in [0.1, 0.15) is 63.5 Å². The number of Topliss-reactive ketones (excluding diaryl/α,β-unsaturated/α-hetero) is 1. The van der Waals surface area contributed by atoms with Crippen molar-refractivity contribution in [1.82, 2.24) is 5.32 Å². The number of carbonyl (C=O) groups is 2. The minimum Gasteiger partial charge on any atom is -0.504 e. The second kappa shape index (κ2) is 9.75. The van der Waals surface area contributed by atoms with Gasteiger partial charge in [-0.2, -0.15) is 0 Å². The Morgan fingerprint density at radius 2 is 1.85 bits per heavy atom. The van der Waals surface area contributed by atoms with Gasteiger partial charge in [-0.15, -0.1) is 0 Å². The van der Waals surface area contributed by atoms with Gasteiger partial charge in [0, 0.05) is 29.3 Å². The number of ketones is 1. The highest BCUT2D eigenvalue weighted by molar-refractivity contribution is 6.04. The first-order chi connectivity index (χ1) is 16.3. The summed E-state index contributed by atoms with van der Waals surface area (Å²) in [6, 6.07) is 15.0. The minimum absolute atomic E-state index is 0.000912. The van der Waals surface area contributed by atoms with Gasteiger partial charge in [0.15, 0.2) is 17.3 Å². The van der Waals surface area contributed by atoms with Gasteiger partial charge in [0.05, 0.1) is 18.3 Å². The minimum atomic E-state index is -0.605. The average molecular weight is 462 g/mol. The smallest absolute Gasteiger partial charge is 0.337 e. The van der Waals surface area contributed by atoms with Crippen molar-refractivity contribution in [1.29, 1.82) is 0 Å². The quantitative estimate of drug-likeness (QED) is 0.582. The molecule has 6 nitrogen and oxygen atoms in total. The highest BCUT2D eigenvalue weighted by atomic mass is 16.5. The fourth-order valence-electron chi connectivity index (χ4n) is 4.86. The SMILES string of the molecule is CCOc1cc([C@H]2C(C(=O)OC(C)C)=C(C)NC3=C2C(=O)C[C@H](c2ccccc2)C3)ccc1O. The largest absolute Gasteiger partial charge is 0.504 e. The summed E-state index contributed by atoms with van der Waals surface area (Å²) in [6.07, 6.45) is 0.734. The summed E-state index contributed by atoms with van der Waals surface area (Å²) in [5, 5.41) is 13.6. The number of dihydropyridines is 1. The first-order valence-electron chi connectivity index (χ1n) is 11.8. The molecule has 1 aliphatic carbocycles. The maximum atomic E-state index is 13.6. The molecular weight excluding hydrogens is 430 g/mol. The Morgan fingerprint density at radius 3 is 2.53 bits per heavy atom. The average Bonchev–Trinajstić information content (AvgIpc) is 2.79. The van der Waals surface area contributed by atoms with E-state index in [1.807, 2.05) is 44.2 Å². The Balaban J connectivity index is 1.83. The fourth-order valence-corrected chi connectivity index (χ4v) is 4.86. The molecule has 2 aromatic rings. The van der Waals surface area contributed by atoms with Crippen molar-refractivity contribution >= 4 is 11.8 Å². The fraction of sp³-hybridized carbons (Fsp3) is 0.357. The number of rotatable bonds is 6. The molecule has 2 aromatic carbocycles. The molecule has 2 N–H and O–H groups in total. The Hall–Kier alpha value is -3.54. The number of ether oxygens (including phenoxy) is 2. The molecule has 0 unspecified atom stereocenters. The van der Waals surface area contributed by atoms with Gasteiger partial charge in [-0.1, -0.05) is 36.4 Å². The van der Waals surface area contributed by atoms with E-state index in [9.17, 15) is 14.7 Å². The zero-order valence-electron chi connectivity index (χ0n) is 20.1. The van der Waals surface area contributed by atoms with Crippen LogP contribution in [0, 0.1) is 0 Å². The van der Waals surface area contributed by atoms with E-state index >= 15 is 0 Å². The van der Waals surface area contributed by atoms with Crippen molar-refractivity contribution in [2.24, 2.45) is 0 Å². The number of hydrogen-bond donors (Lipinski definition) is 2. The molecule has 178 valence electrons. The Kier molecular flexibility index (Phi) is 6.77. The molecule has 4 rings (SSSR count). The van der Waals surface area contributed by atoms with Crippen molar-refractivity contribution in [3.05, 3.63) is 82.2 Å². The van der Waals surface area contributed by atoms with E-state index < -0.39 is 11.9 Å². The third-order valence-electron chi connectivity index (χ3n) is 6.28. The van der Waals surface area contributed by atoms with E-state index in [-0.39, 0.29) is 23.6 Å². The molecule has 6 heteroatoms. The number of aromatic hydroxyl groups is 1. The molecule has 0 bridgehead atoms. The van der Waals surface area contributed by atoms with Crippen LogP contribution in [0.4, 0.5) is 0 Å². The predicted octanol–water partition coefficient (Wildman–Crippen LogP) is 5.10. The van der Waals surface area contributed by atoms with Crippen LogP contribution in [0.2, 0.25) is 0 Å². The molecule has 2 aliphatic rings. The van der Waals surface area contributed by atoms with Gasteiger partial charge < -0.3 is 19.9 Å². The highest BCUT2D eigenvalue weighted by Gasteiger charge is 2.41. The summed E-state index contributed by atoms with van der Waals surface area (Å²) in [5.41, 5.74) is 4.32. The molecule has 0 radical (unpaired) electrons. The molecule has 0 saturated heterocycles. The molecular formula is C28H31NO5. The summed E-state index contributed by atoms with van der Waals surface area (Å²) in [4.78, 5) is 26.8. The molecule has 0 aromatic heterocycles. The topological polar surface area (TPSA) is 84.9 Å². The second-order valence-corrected chi connectivity index (χ2v) is 9.04. The summed E-state index contributed by atoms with van der Waals surface area (Å²) < 4.78 is 11.2. The van der Waals surface area contributed by atoms with Crippen molar-refractivity contribution < 1.29 is 24.2 Å². The van der Waals surface area contributed by atoms with Gasteiger partial charge in [-0.3, -0.25) is 4.79 Å². The maximum Gasteiger partial charge on any atom is 0.337 e. The summed E-state index contributed by atoms with van der Waals surface area (Å²) in [6.45, 7) is 7.66. The molecule has 0 saturated carbocycles. The normalized spacial score (nSPS) is 20.2. The van der Waals surface area contributed by atoms with E-state index in [0.29, 0.717) is 47.6 Å². The van der Waals surface area contributed by atoms with Crippen LogP contribution in [-0.4, -0.2) is 29.6 Å². The number of hydrogen-bond acceptors (Lipinski definition) is 6. The predicted molar refractivity (Wildman–Crippen MR) is 130 cm³/mol. The molecule has 34 heavy (non-hydrogen) atoms. The molecule has 0 spiro atoms. The van der Waals surface area contributed by atoms with Crippen molar-refractivity contribution in [2.45, 2.75) is 58.5 Å². The van der Waals surface area contributed by atoms with Crippen LogP contribution in [0.3, 0.4) is 0 Å². The van der Waals surface area contributed by atoms with Crippen molar-refractivity contribution in [3.8, 4) is 11.5 Å². The lowest BCUT2D eigenvalue weighted by atomic mass is 9.71. The van der Waals surface area contributed by atoms with E-state index in [2.05, 4.69) is 5.32 Å². The number of allylic oxidation sites excluding steroid dienone is 3. The van der Waals surface area contributed by atoms with E-state index in [4.69, 9.17) is 9.47 Å².